The van der Waals surface area contributed by atoms with Gasteiger partial charge in [-0.1, -0.05) is 24.3 Å². The minimum Gasteiger partial charge on any atom is -0.475 e. The number of para-hydroxylation sites is 1. The van der Waals surface area contributed by atoms with Gasteiger partial charge in [0, 0.05) is 11.8 Å². The second-order valence-electron chi connectivity index (χ2n) is 9.29. The van der Waals surface area contributed by atoms with E-state index in [4.69, 9.17) is 14.6 Å². The first-order chi connectivity index (χ1) is 19.8. The number of anilines is 1. The normalized spacial score (nSPS) is 14.4. The number of carbonyl (C=O) groups is 3. The van der Waals surface area contributed by atoms with Gasteiger partial charge in [0.25, 0.3) is 5.91 Å². The summed E-state index contributed by atoms with van der Waals surface area (Å²) in [5, 5.41) is 17.3. The van der Waals surface area contributed by atoms with Crippen LogP contribution in [-0.4, -0.2) is 38.7 Å². The van der Waals surface area contributed by atoms with Crippen LogP contribution in [0.15, 0.2) is 54.6 Å². The van der Waals surface area contributed by atoms with Gasteiger partial charge in [-0.25, -0.2) is 13.6 Å². The number of nitrogens with one attached hydrogen (secondary N) is 2. The van der Waals surface area contributed by atoms with Gasteiger partial charge in [-0.05, 0) is 49.2 Å². The molecule has 0 saturated carbocycles. The average Bonchev–Trinajstić information content (AvgIpc) is 3.23. The highest BCUT2D eigenvalue weighted by Crippen LogP contribution is 2.31. The number of rotatable bonds is 5. The molecule has 0 fully saturated rings. The summed E-state index contributed by atoms with van der Waals surface area (Å²) in [6.07, 6.45) is -4.97. The van der Waals surface area contributed by atoms with Crippen molar-refractivity contribution in [3.63, 3.8) is 0 Å². The number of aromatic nitrogens is 2. The van der Waals surface area contributed by atoms with E-state index in [2.05, 4.69) is 15.7 Å². The van der Waals surface area contributed by atoms with Crippen LogP contribution in [0.4, 0.5) is 27.6 Å². The van der Waals surface area contributed by atoms with Crippen LogP contribution in [0, 0.1) is 25.5 Å². The number of ether oxygens (including phenoxy) is 1. The van der Waals surface area contributed by atoms with E-state index in [1.165, 1.54) is 10.6 Å². The Hall–Kier alpha value is -5.01. The number of alkyl halides is 3. The summed E-state index contributed by atoms with van der Waals surface area (Å²) in [6, 6.07) is 13.9. The SMILES string of the molecule is Cc1cc(OCc2c(F)cccc2F)n2nc(C)c(C(=O)NC3CC(=O)Nc4ccccc43)c2c1.O=C(O)C(F)(F)F. The van der Waals surface area contributed by atoms with E-state index in [1.807, 2.05) is 25.1 Å². The number of carboxylic acids is 1. The molecule has 3 heterocycles. The first-order valence-corrected chi connectivity index (χ1v) is 12.3. The first-order valence-electron chi connectivity index (χ1n) is 12.3. The summed E-state index contributed by atoms with van der Waals surface area (Å²) in [6.45, 7) is 3.17. The molecule has 9 nitrogen and oxygen atoms in total. The topological polar surface area (TPSA) is 122 Å². The Labute approximate surface area is 234 Å². The van der Waals surface area contributed by atoms with E-state index in [1.54, 1.807) is 25.1 Å². The fourth-order valence-electron chi connectivity index (χ4n) is 4.33. The zero-order valence-electron chi connectivity index (χ0n) is 22.1. The molecule has 5 rings (SSSR count). The van der Waals surface area contributed by atoms with Gasteiger partial charge >= 0.3 is 12.1 Å². The molecule has 42 heavy (non-hydrogen) atoms. The van der Waals surface area contributed by atoms with Crippen molar-refractivity contribution >= 4 is 29.0 Å². The van der Waals surface area contributed by atoms with Crippen molar-refractivity contribution in [1.82, 2.24) is 14.9 Å². The molecule has 1 aliphatic heterocycles. The lowest BCUT2D eigenvalue weighted by atomic mass is 9.97. The smallest absolute Gasteiger partial charge is 0.475 e. The number of aliphatic carboxylic acids is 1. The number of nitrogens with zero attached hydrogens (tertiary/aromatic N) is 2. The van der Waals surface area contributed by atoms with Gasteiger partial charge in [0.1, 0.15) is 18.2 Å². The number of fused-ring (bicyclic) bond motifs is 2. The van der Waals surface area contributed by atoms with Crippen molar-refractivity contribution in [2.45, 2.75) is 39.1 Å². The molecule has 2 aromatic carbocycles. The van der Waals surface area contributed by atoms with Crippen LogP contribution in [-0.2, 0) is 16.2 Å². The molecule has 2 amide bonds. The van der Waals surface area contributed by atoms with E-state index < -0.39 is 29.8 Å². The quantitative estimate of drug-likeness (QED) is 0.273. The number of hydrogen-bond acceptors (Lipinski definition) is 5. The Kier molecular flexibility index (Phi) is 8.45. The number of hydrogen-bond donors (Lipinski definition) is 3. The van der Waals surface area contributed by atoms with Gasteiger partial charge in [0.2, 0.25) is 11.8 Å². The number of benzene rings is 2. The lowest BCUT2D eigenvalue weighted by molar-refractivity contribution is -0.192. The Morgan fingerprint density at radius 3 is 2.38 bits per heavy atom. The standard InChI is InChI=1S/C26H22F2N4O3.C2HF3O2/c1-14-10-22-25(26(34)30-21-12-23(33)29-20-9-4-3-6-16(20)21)15(2)31-32(22)24(11-14)35-13-17-18(27)7-5-8-19(17)28;3-2(4,5)1(6)7/h3-11,21H,12-13H2,1-2H3,(H,29,33)(H,30,34);(H,6,7). The molecular weight excluding hydrogens is 567 g/mol. The third kappa shape index (κ3) is 6.48. The van der Waals surface area contributed by atoms with Gasteiger partial charge in [-0.2, -0.15) is 22.8 Å². The van der Waals surface area contributed by atoms with Crippen LogP contribution >= 0.6 is 0 Å². The lowest BCUT2D eigenvalue weighted by Crippen LogP contribution is -2.35. The summed E-state index contributed by atoms with van der Waals surface area (Å²) in [5.74, 6) is -4.49. The molecule has 0 radical (unpaired) electrons. The second kappa shape index (κ2) is 11.8. The predicted octanol–water partition coefficient (Wildman–Crippen LogP) is 5.25. The number of amides is 2. The van der Waals surface area contributed by atoms with E-state index >= 15 is 0 Å². The van der Waals surface area contributed by atoms with Crippen LogP contribution in [0.1, 0.15) is 45.2 Å². The van der Waals surface area contributed by atoms with Gasteiger partial charge in [-0.3, -0.25) is 9.59 Å². The third-order valence-electron chi connectivity index (χ3n) is 6.22. The van der Waals surface area contributed by atoms with Gasteiger partial charge in [0.05, 0.1) is 34.8 Å². The van der Waals surface area contributed by atoms with E-state index in [9.17, 15) is 31.5 Å². The van der Waals surface area contributed by atoms with Gasteiger partial charge in [-0.15, -0.1) is 0 Å². The maximum absolute atomic E-state index is 14.1. The van der Waals surface area contributed by atoms with Crippen LogP contribution in [0.3, 0.4) is 0 Å². The molecule has 4 aromatic rings. The van der Waals surface area contributed by atoms with E-state index in [0.717, 1.165) is 23.3 Å². The maximum Gasteiger partial charge on any atom is 0.490 e. The Bertz CT molecular complexity index is 1670. The third-order valence-corrected chi connectivity index (χ3v) is 6.22. The number of halogens is 5. The molecule has 14 heteroatoms. The van der Waals surface area contributed by atoms with Crippen LogP contribution in [0.2, 0.25) is 0 Å². The van der Waals surface area contributed by atoms with Crippen molar-refractivity contribution in [3.05, 3.63) is 94.2 Å². The molecule has 2 aromatic heterocycles. The monoisotopic (exact) mass is 590 g/mol. The molecule has 1 atom stereocenters. The minimum atomic E-state index is -5.08. The first kappa shape index (κ1) is 30.0. The van der Waals surface area contributed by atoms with Gasteiger partial charge < -0.3 is 20.5 Å². The highest BCUT2D eigenvalue weighted by Gasteiger charge is 2.38. The zero-order valence-corrected chi connectivity index (χ0v) is 22.1. The van der Waals surface area contributed by atoms with Crippen molar-refractivity contribution in [3.8, 4) is 5.88 Å². The summed E-state index contributed by atoms with van der Waals surface area (Å²) >= 11 is 0. The van der Waals surface area contributed by atoms with Crippen LogP contribution in [0.5, 0.6) is 5.88 Å². The van der Waals surface area contributed by atoms with Crippen molar-refractivity contribution in [2.24, 2.45) is 0 Å². The summed E-state index contributed by atoms with van der Waals surface area (Å²) in [7, 11) is 0. The summed E-state index contributed by atoms with van der Waals surface area (Å²) < 4.78 is 67.0. The van der Waals surface area contributed by atoms with E-state index in [0.29, 0.717) is 22.5 Å². The largest absolute Gasteiger partial charge is 0.490 e. The fourth-order valence-corrected chi connectivity index (χ4v) is 4.33. The molecule has 0 aliphatic carbocycles. The van der Waals surface area contributed by atoms with Crippen molar-refractivity contribution < 1.29 is 46.2 Å². The predicted molar refractivity (Wildman–Crippen MR) is 139 cm³/mol. The Balaban J connectivity index is 0.000000517. The van der Waals surface area contributed by atoms with Crippen molar-refractivity contribution in [2.75, 3.05) is 5.32 Å². The van der Waals surface area contributed by atoms with Crippen LogP contribution < -0.4 is 15.4 Å². The molecule has 1 aliphatic rings. The highest BCUT2D eigenvalue weighted by molar-refractivity contribution is 6.03. The molecular formula is C28H23F5N4O5. The molecule has 1 unspecified atom stereocenters. The van der Waals surface area contributed by atoms with E-state index in [-0.39, 0.29) is 36.3 Å². The summed E-state index contributed by atoms with van der Waals surface area (Å²) in [4.78, 5) is 34.4. The average molecular weight is 591 g/mol. The number of carbonyl (C=O) groups excluding carboxylic acids is 2. The van der Waals surface area contributed by atoms with Crippen LogP contribution in [0.25, 0.3) is 5.52 Å². The summed E-state index contributed by atoms with van der Waals surface area (Å²) in [5.41, 5.74) is 3.33. The zero-order chi connectivity index (χ0) is 30.8. The van der Waals surface area contributed by atoms with Crippen molar-refractivity contribution in [1.29, 1.82) is 0 Å². The molecule has 0 saturated heterocycles. The fraction of sp³-hybridized carbons (Fsp3) is 0.214. The molecule has 0 bridgehead atoms. The Morgan fingerprint density at radius 1 is 1.10 bits per heavy atom. The number of pyridine rings is 1. The lowest BCUT2D eigenvalue weighted by Gasteiger charge is -2.26. The number of aryl methyl sites for hydroxylation is 2. The second-order valence-corrected chi connectivity index (χ2v) is 9.29. The molecule has 0 spiro atoms. The maximum atomic E-state index is 14.1. The Morgan fingerprint density at radius 2 is 1.74 bits per heavy atom. The molecule has 220 valence electrons. The highest BCUT2D eigenvalue weighted by atomic mass is 19.4. The molecule has 3 N–H and O–H groups in total. The van der Waals surface area contributed by atoms with Gasteiger partial charge in [0.15, 0.2) is 0 Å². The number of carboxylic acid groups (broad SMARTS) is 1. The minimum absolute atomic E-state index is 0.114.